The Hall–Kier alpha value is -1.74. The van der Waals surface area contributed by atoms with Gasteiger partial charge in [0.25, 0.3) is 0 Å². The number of anilines is 3. The van der Waals surface area contributed by atoms with Crippen molar-refractivity contribution < 1.29 is 8.42 Å². The number of nitrogens with one attached hydrogen (secondary N) is 2. The summed E-state index contributed by atoms with van der Waals surface area (Å²) in [4.78, 5) is 4.30. The summed E-state index contributed by atoms with van der Waals surface area (Å²) in [5.74, 6) is 1.17. The van der Waals surface area contributed by atoms with Crippen molar-refractivity contribution in [2.75, 3.05) is 22.1 Å². The summed E-state index contributed by atoms with van der Waals surface area (Å²) in [6.45, 7) is 0. The SMILES string of the molecule is O=S1(=O)CCC(Nc2nncc(Nc3cccc(Br)c3)n2)C1. The quantitative estimate of drug-likeness (QED) is 0.832. The fraction of sp³-hybridized carbons (Fsp3) is 0.308. The van der Waals surface area contributed by atoms with Crippen molar-refractivity contribution in [2.24, 2.45) is 0 Å². The van der Waals surface area contributed by atoms with Crippen LogP contribution in [0.3, 0.4) is 0 Å². The minimum Gasteiger partial charge on any atom is -0.349 e. The fourth-order valence-corrected chi connectivity index (χ4v) is 4.30. The molecule has 1 aliphatic heterocycles. The first-order chi connectivity index (χ1) is 10.5. The van der Waals surface area contributed by atoms with E-state index in [0.29, 0.717) is 18.2 Å². The Morgan fingerprint density at radius 2 is 2.18 bits per heavy atom. The minimum atomic E-state index is -2.94. The second kappa shape index (κ2) is 6.17. The van der Waals surface area contributed by atoms with E-state index >= 15 is 0 Å². The van der Waals surface area contributed by atoms with Gasteiger partial charge in [0.05, 0.1) is 17.7 Å². The molecule has 0 aliphatic carbocycles. The molecule has 7 nitrogen and oxygen atoms in total. The Balaban J connectivity index is 1.70. The molecule has 0 bridgehead atoms. The molecule has 1 unspecified atom stereocenters. The van der Waals surface area contributed by atoms with Gasteiger partial charge in [-0.15, -0.1) is 5.10 Å². The van der Waals surface area contributed by atoms with Gasteiger partial charge in [-0.2, -0.15) is 10.1 Å². The minimum absolute atomic E-state index is 0.111. The summed E-state index contributed by atoms with van der Waals surface area (Å²) in [7, 11) is -2.94. The smallest absolute Gasteiger partial charge is 0.244 e. The van der Waals surface area contributed by atoms with Crippen molar-refractivity contribution >= 4 is 43.2 Å². The van der Waals surface area contributed by atoms with Crippen molar-refractivity contribution in [2.45, 2.75) is 12.5 Å². The normalized spacial score (nSPS) is 19.8. The average Bonchev–Trinajstić information content (AvgIpc) is 2.78. The predicted molar refractivity (Wildman–Crippen MR) is 87.9 cm³/mol. The van der Waals surface area contributed by atoms with Gasteiger partial charge in [0.15, 0.2) is 15.7 Å². The lowest BCUT2D eigenvalue weighted by molar-refractivity contribution is 0.602. The number of sulfone groups is 1. The van der Waals surface area contributed by atoms with Gasteiger partial charge < -0.3 is 10.6 Å². The van der Waals surface area contributed by atoms with E-state index in [1.807, 2.05) is 24.3 Å². The monoisotopic (exact) mass is 383 g/mol. The summed E-state index contributed by atoms with van der Waals surface area (Å²) in [5.41, 5.74) is 0.865. The third-order valence-corrected chi connectivity index (χ3v) is 5.48. The molecule has 2 N–H and O–H groups in total. The van der Waals surface area contributed by atoms with Crippen LogP contribution in [-0.2, 0) is 9.84 Å². The zero-order chi connectivity index (χ0) is 15.6. The van der Waals surface area contributed by atoms with Gasteiger partial charge in [0.2, 0.25) is 5.95 Å². The van der Waals surface area contributed by atoms with Gasteiger partial charge >= 0.3 is 0 Å². The highest BCUT2D eigenvalue weighted by atomic mass is 79.9. The average molecular weight is 384 g/mol. The first-order valence-corrected chi connectivity index (χ1v) is 9.31. The molecular formula is C13H14BrN5O2S. The summed E-state index contributed by atoms with van der Waals surface area (Å²) >= 11 is 3.40. The Morgan fingerprint density at radius 1 is 1.32 bits per heavy atom. The maximum atomic E-state index is 11.5. The molecular weight excluding hydrogens is 370 g/mol. The molecule has 1 saturated heterocycles. The van der Waals surface area contributed by atoms with E-state index in [4.69, 9.17) is 0 Å². The molecule has 0 radical (unpaired) electrons. The number of halogens is 1. The maximum absolute atomic E-state index is 11.5. The van der Waals surface area contributed by atoms with Crippen LogP contribution >= 0.6 is 15.9 Å². The summed E-state index contributed by atoms with van der Waals surface area (Å²) < 4.78 is 23.9. The number of hydrogen-bond donors (Lipinski definition) is 2. The largest absolute Gasteiger partial charge is 0.349 e. The number of nitrogens with zero attached hydrogens (tertiary/aromatic N) is 3. The third kappa shape index (κ3) is 3.92. The van der Waals surface area contributed by atoms with Crippen LogP contribution in [0.25, 0.3) is 0 Å². The van der Waals surface area contributed by atoms with Crippen molar-refractivity contribution in [1.82, 2.24) is 15.2 Å². The Morgan fingerprint density at radius 3 is 2.91 bits per heavy atom. The molecule has 1 aliphatic rings. The van der Waals surface area contributed by atoms with Crippen molar-refractivity contribution in [3.05, 3.63) is 34.9 Å². The fourth-order valence-electron chi connectivity index (χ4n) is 2.23. The second-order valence-electron chi connectivity index (χ2n) is 5.04. The van der Waals surface area contributed by atoms with Crippen molar-refractivity contribution in [1.29, 1.82) is 0 Å². The summed E-state index contributed by atoms with van der Waals surface area (Å²) in [6.07, 6.45) is 2.08. The molecule has 1 aromatic heterocycles. The number of benzene rings is 1. The topological polar surface area (TPSA) is 96.9 Å². The number of hydrogen-bond acceptors (Lipinski definition) is 7. The van der Waals surface area contributed by atoms with Gasteiger partial charge in [-0.25, -0.2) is 8.42 Å². The van der Waals surface area contributed by atoms with Crippen LogP contribution in [0, 0.1) is 0 Å². The lowest BCUT2D eigenvalue weighted by Crippen LogP contribution is -2.22. The van der Waals surface area contributed by atoms with Gasteiger partial charge in [-0.05, 0) is 24.6 Å². The highest BCUT2D eigenvalue weighted by Gasteiger charge is 2.28. The molecule has 1 fully saturated rings. The molecule has 3 rings (SSSR count). The molecule has 0 amide bonds. The molecule has 116 valence electrons. The van der Waals surface area contributed by atoms with Crippen LogP contribution in [0.2, 0.25) is 0 Å². The molecule has 1 aromatic carbocycles. The zero-order valence-electron chi connectivity index (χ0n) is 11.5. The van der Waals surface area contributed by atoms with Gasteiger partial charge in [0.1, 0.15) is 0 Å². The molecule has 0 saturated carbocycles. The van der Waals surface area contributed by atoms with Crippen LogP contribution in [-0.4, -0.2) is 41.1 Å². The van der Waals surface area contributed by atoms with Crippen LogP contribution in [0.4, 0.5) is 17.5 Å². The molecule has 22 heavy (non-hydrogen) atoms. The first-order valence-electron chi connectivity index (χ1n) is 6.69. The van der Waals surface area contributed by atoms with Gasteiger partial charge in [-0.3, -0.25) is 0 Å². The molecule has 9 heteroatoms. The Kier molecular flexibility index (Phi) is 4.25. The standard InChI is InChI=1S/C13H14BrN5O2S/c14-9-2-1-3-10(6-9)16-12-7-15-19-13(18-12)17-11-4-5-22(20,21)8-11/h1-3,6-7,11H,4-5,8H2,(H2,16,17,18,19). The van der Waals surface area contributed by atoms with E-state index in [1.165, 1.54) is 6.20 Å². The third-order valence-electron chi connectivity index (χ3n) is 3.22. The second-order valence-corrected chi connectivity index (χ2v) is 8.19. The van der Waals surface area contributed by atoms with E-state index in [0.717, 1.165) is 10.2 Å². The van der Waals surface area contributed by atoms with Crippen LogP contribution in [0.1, 0.15) is 6.42 Å². The summed E-state index contributed by atoms with van der Waals surface area (Å²) in [5, 5.41) is 13.9. The number of rotatable bonds is 4. The lowest BCUT2D eigenvalue weighted by atomic mass is 10.3. The first kappa shape index (κ1) is 15.2. The van der Waals surface area contributed by atoms with E-state index in [2.05, 4.69) is 41.7 Å². The van der Waals surface area contributed by atoms with Crippen LogP contribution in [0.5, 0.6) is 0 Å². The van der Waals surface area contributed by atoms with E-state index in [-0.39, 0.29) is 17.5 Å². The van der Waals surface area contributed by atoms with E-state index < -0.39 is 9.84 Å². The summed E-state index contributed by atoms with van der Waals surface area (Å²) in [6, 6.07) is 7.50. The zero-order valence-corrected chi connectivity index (χ0v) is 13.9. The van der Waals surface area contributed by atoms with Gasteiger partial charge in [0, 0.05) is 16.2 Å². The van der Waals surface area contributed by atoms with Gasteiger partial charge in [-0.1, -0.05) is 22.0 Å². The Bertz CT molecular complexity index is 784. The van der Waals surface area contributed by atoms with E-state index in [9.17, 15) is 8.42 Å². The highest BCUT2D eigenvalue weighted by Crippen LogP contribution is 2.20. The maximum Gasteiger partial charge on any atom is 0.244 e. The molecule has 1 atom stereocenters. The Labute approximate surface area is 136 Å². The predicted octanol–water partition coefficient (Wildman–Crippen LogP) is 1.98. The van der Waals surface area contributed by atoms with Crippen LogP contribution < -0.4 is 10.6 Å². The molecule has 2 heterocycles. The number of aromatic nitrogens is 3. The van der Waals surface area contributed by atoms with Crippen LogP contribution in [0.15, 0.2) is 34.9 Å². The molecule has 0 spiro atoms. The lowest BCUT2D eigenvalue weighted by Gasteiger charge is -2.11. The van der Waals surface area contributed by atoms with Crippen molar-refractivity contribution in [3.8, 4) is 0 Å². The molecule has 2 aromatic rings. The highest BCUT2D eigenvalue weighted by molar-refractivity contribution is 9.10. The van der Waals surface area contributed by atoms with Crippen molar-refractivity contribution in [3.63, 3.8) is 0 Å². The van der Waals surface area contributed by atoms with E-state index in [1.54, 1.807) is 0 Å².